The van der Waals surface area contributed by atoms with Crippen LogP contribution in [0.2, 0.25) is 5.02 Å². The molecule has 6 nitrogen and oxygen atoms in total. The summed E-state index contributed by atoms with van der Waals surface area (Å²) in [4.78, 5) is 10.9. The zero-order valence-corrected chi connectivity index (χ0v) is 20.2. The Labute approximate surface area is 203 Å². The fraction of sp³-hybridized carbons (Fsp3) is 0.440. The molecule has 174 valence electrons. The number of aromatic nitrogens is 2. The molecule has 33 heavy (non-hydrogen) atoms. The van der Waals surface area contributed by atoms with E-state index in [2.05, 4.69) is 26.7 Å². The van der Waals surface area contributed by atoms with Gasteiger partial charge in [0.25, 0.3) is 0 Å². The van der Waals surface area contributed by atoms with Gasteiger partial charge in [-0.05, 0) is 68.3 Å². The first kappa shape index (κ1) is 23.9. The largest absolute Gasteiger partial charge is 0.497 e. The van der Waals surface area contributed by atoms with Gasteiger partial charge in [-0.1, -0.05) is 17.5 Å². The molecule has 0 amide bonds. The molecule has 1 saturated heterocycles. The number of aliphatic hydroxyl groups excluding tert-OH is 2. The van der Waals surface area contributed by atoms with Gasteiger partial charge >= 0.3 is 0 Å². The Kier molecular flexibility index (Phi) is 7.84. The summed E-state index contributed by atoms with van der Waals surface area (Å²) in [5.74, 6) is 6.98. The maximum Gasteiger partial charge on any atom is 0.124 e. The topological polar surface area (TPSA) is 78.7 Å². The molecule has 8 heteroatoms. The molecule has 0 radical (unpaired) electrons. The third-order valence-corrected chi connectivity index (χ3v) is 7.44. The number of rotatable bonds is 7. The minimum Gasteiger partial charge on any atom is -0.497 e. The van der Waals surface area contributed by atoms with Crippen LogP contribution in [-0.2, 0) is 0 Å². The van der Waals surface area contributed by atoms with E-state index in [4.69, 9.17) is 16.3 Å². The molecule has 1 aromatic carbocycles. The van der Waals surface area contributed by atoms with Gasteiger partial charge in [-0.3, -0.25) is 9.88 Å². The van der Waals surface area contributed by atoms with E-state index in [9.17, 15) is 10.2 Å². The van der Waals surface area contributed by atoms with Crippen molar-refractivity contribution in [2.45, 2.75) is 31.8 Å². The first-order valence-corrected chi connectivity index (χ1v) is 12.4. The third-order valence-electron chi connectivity index (χ3n) is 6.55. The van der Waals surface area contributed by atoms with Gasteiger partial charge in [0.1, 0.15) is 11.4 Å². The van der Waals surface area contributed by atoms with E-state index in [0.29, 0.717) is 35.7 Å². The average Bonchev–Trinajstić information content (AvgIpc) is 3.36. The first-order valence-electron chi connectivity index (χ1n) is 11.0. The number of hydrogen-bond donors (Lipinski definition) is 2. The Morgan fingerprint density at radius 1 is 1.30 bits per heavy atom. The van der Waals surface area contributed by atoms with Gasteiger partial charge in [0.15, 0.2) is 0 Å². The normalized spacial score (nSPS) is 16.8. The molecule has 0 aliphatic carbocycles. The van der Waals surface area contributed by atoms with Gasteiger partial charge in [0.05, 0.1) is 35.8 Å². The first-order chi connectivity index (χ1) is 16.0. The lowest BCUT2D eigenvalue weighted by Crippen LogP contribution is -2.42. The molecular formula is C25H28ClN3O3S. The number of benzene rings is 1. The standard InChI is InChI=1S/C25H28ClN3O3S/c1-32-19-4-5-22-20(13-19)24(21(26)14-27-22)23(31)6-7-25(16-30)8-11-29(12-9-25)10-2-3-18-15-33-17-28-18/h4-5,13-15,17,23,30-31H,6-12,16H2,1H3/t23-/m1/s1. The summed E-state index contributed by atoms with van der Waals surface area (Å²) in [5, 5.41) is 24.5. The van der Waals surface area contributed by atoms with Crippen molar-refractivity contribution in [1.29, 1.82) is 0 Å². The smallest absolute Gasteiger partial charge is 0.124 e. The van der Waals surface area contributed by atoms with Gasteiger partial charge in [0.2, 0.25) is 0 Å². The summed E-state index contributed by atoms with van der Waals surface area (Å²) in [6, 6.07) is 5.57. The fourth-order valence-electron chi connectivity index (χ4n) is 4.41. The van der Waals surface area contributed by atoms with Crippen LogP contribution in [0.1, 0.15) is 43.0 Å². The number of aliphatic hydroxyl groups is 2. The van der Waals surface area contributed by atoms with Gasteiger partial charge in [0, 0.05) is 29.1 Å². The second-order valence-corrected chi connectivity index (χ2v) is 9.69. The predicted octanol–water partition coefficient (Wildman–Crippen LogP) is 4.29. The monoisotopic (exact) mass is 485 g/mol. The number of pyridine rings is 1. The van der Waals surface area contributed by atoms with Gasteiger partial charge in [-0.15, -0.1) is 11.3 Å². The molecule has 1 atom stereocenters. The molecule has 1 fully saturated rings. The van der Waals surface area contributed by atoms with Crippen LogP contribution in [0.25, 0.3) is 10.9 Å². The Morgan fingerprint density at radius 3 is 2.82 bits per heavy atom. The molecule has 0 saturated carbocycles. The minimum atomic E-state index is -0.750. The van der Waals surface area contributed by atoms with E-state index in [1.807, 2.05) is 23.6 Å². The summed E-state index contributed by atoms with van der Waals surface area (Å²) in [6.45, 7) is 2.55. The van der Waals surface area contributed by atoms with E-state index >= 15 is 0 Å². The van der Waals surface area contributed by atoms with Gasteiger partial charge in [-0.2, -0.15) is 0 Å². The maximum absolute atomic E-state index is 11.1. The summed E-state index contributed by atoms with van der Waals surface area (Å²) in [6.07, 6.45) is 3.80. The molecule has 1 aliphatic heterocycles. The molecular weight excluding hydrogens is 458 g/mol. The van der Waals surface area contributed by atoms with Crippen LogP contribution in [0.4, 0.5) is 0 Å². The van der Waals surface area contributed by atoms with E-state index < -0.39 is 6.10 Å². The highest BCUT2D eigenvalue weighted by atomic mass is 35.5. The highest BCUT2D eigenvalue weighted by Crippen LogP contribution is 2.40. The lowest BCUT2D eigenvalue weighted by atomic mass is 9.74. The van der Waals surface area contributed by atoms with E-state index in [-0.39, 0.29) is 12.0 Å². The lowest BCUT2D eigenvalue weighted by molar-refractivity contribution is 0.0273. The SMILES string of the molecule is COc1ccc2ncc(Cl)c([C@H](O)CCC3(CO)CCN(CC#Cc4cscn4)CC3)c2c1. The second-order valence-electron chi connectivity index (χ2n) is 8.57. The number of hydrogen-bond acceptors (Lipinski definition) is 7. The summed E-state index contributed by atoms with van der Waals surface area (Å²) in [5.41, 5.74) is 3.83. The Hall–Kier alpha value is -2.21. The van der Waals surface area contributed by atoms with Crippen molar-refractivity contribution < 1.29 is 14.9 Å². The Balaban J connectivity index is 1.39. The van der Waals surface area contributed by atoms with Crippen molar-refractivity contribution in [2.75, 3.05) is 33.4 Å². The molecule has 3 aromatic rings. The molecule has 0 bridgehead atoms. The predicted molar refractivity (Wildman–Crippen MR) is 132 cm³/mol. The van der Waals surface area contributed by atoms with Gasteiger partial charge < -0.3 is 14.9 Å². The Morgan fingerprint density at radius 2 is 2.12 bits per heavy atom. The number of halogens is 1. The molecule has 2 aromatic heterocycles. The second kappa shape index (κ2) is 10.8. The van der Waals surface area contributed by atoms with Crippen LogP contribution >= 0.6 is 22.9 Å². The van der Waals surface area contributed by atoms with Crippen molar-refractivity contribution >= 4 is 33.8 Å². The maximum atomic E-state index is 11.1. The number of ether oxygens (including phenoxy) is 1. The zero-order chi connectivity index (χ0) is 23.3. The highest BCUT2D eigenvalue weighted by Gasteiger charge is 2.34. The molecule has 4 rings (SSSR count). The third kappa shape index (κ3) is 5.65. The lowest BCUT2D eigenvalue weighted by Gasteiger charge is -2.40. The van der Waals surface area contributed by atoms with Crippen molar-refractivity contribution in [3.63, 3.8) is 0 Å². The van der Waals surface area contributed by atoms with Crippen LogP contribution in [0, 0.1) is 17.3 Å². The van der Waals surface area contributed by atoms with Crippen LogP contribution in [0.15, 0.2) is 35.3 Å². The van der Waals surface area contributed by atoms with Crippen molar-refractivity contribution in [2.24, 2.45) is 5.41 Å². The minimum absolute atomic E-state index is 0.108. The average molecular weight is 486 g/mol. The van der Waals surface area contributed by atoms with Crippen molar-refractivity contribution in [3.05, 3.63) is 51.6 Å². The molecule has 2 N–H and O–H groups in total. The molecule has 3 heterocycles. The number of nitrogens with zero attached hydrogens (tertiary/aromatic N) is 3. The van der Waals surface area contributed by atoms with Crippen LogP contribution in [0.3, 0.4) is 0 Å². The van der Waals surface area contributed by atoms with Crippen LogP contribution in [0.5, 0.6) is 5.75 Å². The molecule has 1 aliphatic rings. The Bertz CT molecular complexity index is 1130. The highest BCUT2D eigenvalue weighted by molar-refractivity contribution is 7.07. The summed E-state index contributed by atoms with van der Waals surface area (Å²) in [7, 11) is 1.61. The molecule has 0 unspecified atom stereocenters. The quantitative estimate of drug-likeness (QED) is 0.486. The number of likely N-dealkylation sites (tertiary alicyclic amines) is 1. The van der Waals surface area contributed by atoms with Crippen LogP contribution < -0.4 is 4.74 Å². The number of piperidine rings is 1. The number of thiazole rings is 1. The number of fused-ring (bicyclic) bond motifs is 1. The summed E-state index contributed by atoms with van der Waals surface area (Å²) >= 11 is 8.00. The van der Waals surface area contributed by atoms with E-state index in [1.54, 1.807) is 30.2 Å². The molecule has 0 spiro atoms. The van der Waals surface area contributed by atoms with E-state index in [1.165, 1.54) is 0 Å². The zero-order valence-electron chi connectivity index (χ0n) is 18.6. The number of methoxy groups -OCH3 is 1. The summed E-state index contributed by atoms with van der Waals surface area (Å²) < 4.78 is 5.34. The fourth-order valence-corrected chi connectivity index (χ4v) is 5.17. The van der Waals surface area contributed by atoms with Crippen LogP contribution in [-0.4, -0.2) is 58.4 Å². The van der Waals surface area contributed by atoms with Crippen molar-refractivity contribution in [1.82, 2.24) is 14.9 Å². The van der Waals surface area contributed by atoms with Gasteiger partial charge in [-0.25, -0.2) is 4.98 Å². The van der Waals surface area contributed by atoms with Crippen molar-refractivity contribution in [3.8, 4) is 17.6 Å². The van der Waals surface area contributed by atoms with E-state index in [0.717, 1.165) is 42.5 Å².